The van der Waals surface area contributed by atoms with E-state index < -0.39 is 0 Å². The van der Waals surface area contributed by atoms with E-state index in [1.807, 2.05) is 11.8 Å². The molecule has 1 fully saturated rings. The molecule has 3 nitrogen and oxygen atoms in total. The van der Waals surface area contributed by atoms with Gasteiger partial charge in [0.15, 0.2) is 0 Å². The van der Waals surface area contributed by atoms with Crippen LogP contribution in [0.2, 0.25) is 0 Å². The number of rotatable bonds is 3. The number of nitrogens with two attached hydrogens (primary N) is 1. The quantitative estimate of drug-likeness (QED) is 0.827. The molecule has 2 unspecified atom stereocenters. The Bertz CT molecular complexity index is 467. The van der Waals surface area contributed by atoms with Gasteiger partial charge in [0.05, 0.1) is 10.0 Å². The van der Waals surface area contributed by atoms with Crippen LogP contribution in [-0.2, 0) is 0 Å². The minimum Gasteiger partial charge on any atom is -0.398 e. The Hall–Kier alpha value is -0.680. The summed E-state index contributed by atoms with van der Waals surface area (Å²) in [6.45, 7) is 0. The molecule has 0 radical (unpaired) electrons. The van der Waals surface area contributed by atoms with Crippen LogP contribution in [0, 0.1) is 0 Å². The number of hydrogen-bond acceptors (Lipinski definition) is 3. The second-order valence-corrected chi connectivity index (χ2v) is 6.83. The lowest BCUT2D eigenvalue weighted by molar-refractivity contribution is 0.0927. The fourth-order valence-corrected chi connectivity index (χ4v) is 3.75. The summed E-state index contributed by atoms with van der Waals surface area (Å²) in [5, 5.41) is 3.80. The van der Waals surface area contributed by atoms with Crippen molar-refractivity contribution in [3.63, 3.8) is 0 Å². The zero-order chi connectivity index (χ0) is 13.8. The monoisotopic (exact) mass is 342 g/mol. The standard InChI is InChI=1S/C14H19BrN2OS/c1-19-10-5-2-4-9(8-10)17-14(18)11-6-3-7-12(16)13(11)15/h3,6-7,9-10H,2,4-5,8,16H2,1H3,(H,17,18). The van der Waals surface area contributed by atoms with Gasteiger partial charge >= 0.3 is 0 Å². The van der Waals surface area contributed by atoms with Crippen LogP contribution in [0.1, 0.15) is 36.0 Å². The van der Waals surface area contributed by atoms with E-state index in [0.29, 0.717) is 21.0 Å². The van der Waals surface area contributed by atoms with Crippen LogP contribution in [0.5, 0.6) is 0 Å². The zero-order valence-corrected chi connectivity index (χ0v) is 13.4. The van der Waals surface area contributed by atoms with Crippen LogP contribution in [-0.4, -0.2) is 23.5 Å². The van der Waals surface area contributed by atoms with Crippen molar-refractivity contribution in [1.82, 2.24) is 5.32 Å². The Morgan fingerprint density at radius 2 is 2.26 bits per heavy atom. The molecule has 1 amide bonds. The number of hydrogen-bond donors (Lipinski definition) is 2. The van der Waals surface area contributed by atoms with Crippen molar-refractivity contribution in [3.05, 3.63) is 28.2 Å². The Balaban J connectivity index is 2.02. The van der Waals surface area contributed by atoms with Gasteiger partial charge in [-0.25, -0.2) is 0 Å². The van der Waals surface area contributed by atoms with Gasteiger partial charge < -0.3 is 11.1 Å². The fraction of sp³-hybridized carbons (Fsp3) is 0.500. The number of amides is 1. The third kappa shape index (κ3) is 3.66. The fourth-order valence-electron chi connectivity index (χ4n) is 2.48. The summed E-state index contributed by atoms with van der Waals surface area (Å²) in [5.41, 5.74) is 7.02. The summed E-state index contributed by atoms with van der Waals surface area (Å²) < 4.78 is 0.685. The molecule has 0 aliphatic heterocycles. The van der Waals surface area contributed by atoms with Crippen LogP contribution in [0.3, 0.4) is 0 Å². The first-order chi connectivity index (χ1) is 9.11. The van der Waals surface area contributed by atoms with Gasteiger partial charge in [0.1, 0.15) is 0 Å². The molecular formula is C14H19BrN2OS. The first kappa shape index (κ1) is 14.7. The molecule has 0 spiro atoms. The zero-order valence-electron chi connectivity index (χ0n) is 11.0. The second kappa shape index (κ2) is 6.66. The first-order valence-electron chi connectivity index (χ1n) is 6.49. The molecule has 19 heavy (non-hydrogen) atoms. The highest BCUT2D eigenvalue weighted by Crippen LogP contribution is 2.28. The van der Waals surface area contributed by atoms with Gasteiger partial charge in [0.25, 0.3) is 5.91 Å². The van der Waals surface area contributed by atoms with Crippen molar-refractivity contribution in [2.75, 3.05) is 12.0 Å². The minimum absolute atomic E-state index is 0.0362. The summed E-state index contributed by atoms with van der Waals surface area (Å²) in [4.78, 5) is 12.3. The maximum Gasteiger partial charge on any atom is 0.252 e. The number of carbonyl (C=O) groups excluding carboxylic acids is 1. The van der Waals surface area contributed by atoms with E-state index in [2.05, 4.69) is 27.5 Å². The topological polar surface area (TPSA) is 55.1 Å². The van der Waals surface area contributed by atoms with Crippen LogP contribution in [0.15, 0.2) is 22.7 Å². The summed E-state index contributed by atoms with van der Waals surface area (Å²) in [7, 11) is 0. The van der Waals surface area contributed by atoms with E-state index in [1.165, 1.54) is 12.8 Å². The summed E-state index contributed by atoms with van der Waals surface area (Å²) in [6.07, 6.45) is 6.73. The van der Waals surface area contributed by atoms with Crippen molar-refractivity contribution in [1.29, 1.82) is 0 Å². The lowest BCUT2D eigenvalue weighted by Gasteiger charge is -2.28. The molecule has 0 bridgehead atoms. The molecule has 1 aromatic carbocycles. The number of carbonyl (C=O) groups is 1. The summed E-state index contributed by atoms with van der Waals surface area (Å²) in [5.74, 6) is -0.0362. The van der Waals surface area contributed by atoms with Crippen molar-refractivity contribution in [2.45, 2.75) is 37.0 Å². The van der Waals surface area contributed by atoms with E-state index in [0.717, 1.165) is 12.8 Å². The Labute approximate surface area is 126 Å². The average molecular weight is 343 g/mol. The van der Waals surface area contributed by atoms with Crippen molar-refractivity contribution in [2.24, 2.45) is 0 Å². The summed E-state index contributed by atoms with van der Waals surface area (Å²) >= 11 is 5.28. The van der Waals surface area contributed by atoms with E-state index >= 15 is 0 Å². The molecule has 5 heteroatoms. The average Bonchev–Trinajstić information content (AvgIpc) is 2.42. The highest BCUT2D eigenvalue weighted by Gasteiger charge is 2.23. The highest BCUT2D eigenvalue weighted by molar-refractivity contribution is 9.10. The van der Waals surface area contributed by atoms with Crippen molar-refractivity contribution in [3.8, 4) is 0 Å². The number of anilines is 1. The number of benzene rings is 1. The Morgan fingerprint density at radius 3 is 3.00 bits per heavy atom. The number of nitrogen functional groups attached to an aromatic ring is 1. The molecule has 1 saturated carbocycles. The number of thioether (sulfide) groups is 1. The molecule has 0 heterocycles. The largest absolute Gasteiger partial charge is 0.398 e. The van der Waals surface area contributed by atoms with Gasteiger partial charge in [-0.05, 0) is 53.6 Å². The highest BCUT2D eigenvalue weighted by atomic mass is 79.9. The van der Waals surface area contributed by atoms with E-state index in [1.54, 1.807) is 18.2 Å². The number of halogens is 1. The first-order valence-corrected chi connectivity index (χ1v) is 8.57. The molecule has 1 aliphatic rings. The van der Waals surface area contributed by atoms with Crippen LogP contribution < -0.4 is 11.1 Å². The predicted molar refractivity (Wildman–Crippen MR) is 85.6 cm³/mol. The van der Waals surface area contributed by atoms with Gasteiger partial charge in [0.2, 0.25) is 0 Å². The normalized spacial score (nSPS) is 23.1. The van der Waals surface area contributed by atoms with E-state index in [-0.39, 0.29) is 11.9 Å². The molecule has 104 valence electrons. The second-order valence-electron chi connectivity index (χ2n) is 4.90. The minimum atomic E-state index is -0.0362. The molecule has 2 rings (SSSR count). The van der Waals surface area contributed by atoms with E-state index in [9.17, 15) is 4.79 Å². The van der Waals surface area contributed by atoms with Gasteiger partial charge in [-0.2, -0.15) is 11.8 Å². The third-order valence-corrected chi connectivity index (χ3v) is 5.55. The van der Waals surface area contributed by atoms with Crippen molar-refractivity contribution < 1.29 is 4.79 Å². The molecule has 3 N–H and O–H groups in total. The van der Waals surface area contributed by atoms with Crippen LogP contribution in [0.4, 0.5) is 5.69 Å². The third-order valence-electron chi connectivity index (χ3n) is 3.57. The van der Waals surface area contributed by atoms with E-state index in [4.69, 9.17) is 5.73 Å². The molecule has 2 atom stereocenters. The molecular weight excluding hydrogens is 324 g/mol. The number of nitrogens with one attached hydrogen (secondary N) is 1. The van der Waals surface area contributed by atoms with Gasteiger partial charge in [-0.15, -0.1) is 0 Å². The van der Waals surface area contributed by atoms with Crippen LogP contribution >= 0.6 is 27.7 Å². The molecule has 1 aliphatic carbocycles. The Morgan fingerprint density at radius 1 is 1.47 bits per heavy atom. The molecule has 1 aromatic rings. The molecule has 0 aromatic heterocycles. The SMILES string of the molecule is CSC1CCCC(NC(=O)c2cccc(N)c2Br)C1. The van der Waals surface area contributed by atoms with Gasteiger partial charge in [-0.3, -0.25) is 4.79 Å². The van der Waals surface area contributed by atoms with Gasteiger partial charge in [-0.1, -0.05) is 12.5 Å². The maximum atomic E-state index is 12.3. The van der Waals surface area contributed by atoms with Gasteiger partial charge in [0, 0.05) is 17.0 Å². The van der Waals surface area contributed by atoms with Crippen LogP contribution in [0.25, 0.3) is 0 Å². The smallest absolute Gasteiger partial charge is 0.252 e. The Kier molecular flexibility index (Phi) is 5.16. The predicted octanol–water partition coefficient (Wildman–Crippen LogP) is 3.44. The molecule has 0 saturated heterocycles. The maximum absolute atomic E-state index is 12.3. The summed E-state index contributed by atoms with van der Waals surface area (Å²) in [6, 6.07) is 5.67. The lowest BCUT2D eigenvalue weighted by atomic mass is 9.94. The lowest BCUT2D eigenvalue weighted by Crippen LogP contribution is -2.39. The van der Waals surface area contributed by atoms with Crippen molar-refractivity contribution >= 4 is 39.3 Å².